The highest BCUT2D eigenvalue weighted by atomic mass is 79.9. The maximum absolute atomic E-state index is 3.56. The second-order valence-corrected chi connectivity index (χ2v) is 6.00. The Morgan fingerprint density at radius 2 is 2.18 bits per heavy atom. The number of aromatic nitrogens is 1. The monoisotopic (exact) mass is 292 g/mol. The minimum Gasteiger partial charge on any atom is -0.358 e. The number of rotatable bonds is 1. The van der Waals surface area contributed by atoms with Gasteiger partial charge in [0, 0.05) is 46.6 Å². The molecule has 0 atom stereocenters. The van der Waals surface area contributed by atoms with E-state index in [1.54, 1.807) is 0 Å². The van der Waals surface area contributed by atoms with Gasteiger partial charge in [-0.25, -0.2) is 0 Å². The van der Waals surface area contributed by atoms with E-state index in [2.05, 4.69) is 57.9 Å². The minimum atomic E-state index is 0.625. The molecule has 1 aliphatic rings. The quantitative estimate of drug-likeness (QED) is 0.849. The number of nitrogens with zero attached hydrogens (tertiary/aromatic N) is 1. The molecule has 0 spiro atoms. The summed E-state index contributed by atoms with van der Waals surface area (Å²) in [6, 6.07) is 7.12. The minimum absolute atomic E-state index is 0.625. The van der Waals surface area contributed by atoms with Gasteiger partial charge in [-0.15, -0.1) is 0 Å². The molecule has 2 aromatic rings. The molecule has 0 saturated carbocycles. The zero-order valence-electron chi connectivity index (χ0n) is 10.3. The molecule has 2 heterocycles. The van der Waals surface area contributed by atoms with Gasteiger partial charge in [-0.05, 0) is 37.6 Å². The molecule has 3 heteroatoms. The molecule has 0 bridgehead atoms. The molecule has 0 aliphatic carbocycles. The van der Waals surface area contributed by atoms with Crippen molar-refractivity contribution in [1.29, 1.82) is 0 Å². The first-order chi connectivity index (χ1) is 8.15. The molecule has 0 unspecified atom stereocenters. The van der Waals surface area contributed by atoms with Crippen molar-refractivity contribution in [2.45, 2.75) is 32.9 Å². The van der Waals surface area contributed by atoms with Crippen LogP contribution >= 0.6 is 15.9 Å². The summed E-state index contributed by atoms with van der Waals surface area (Å²) < 4.78 is 1.16. The highest BCUT2D eigenvalue weighted by Gasteiger charge is 2.21. The molecule has 90 valence electrons. The van der Waals surface area contributed by atoms with Crippen molar-refractivity contribution in [3.63, 3.8) is 0 Å². The Morgan fingerprint density at radius 1 is 1.35 bits per heavy atom. The Bertz CT molecular complexity index is 557. The van der Waals surface area contributed by atoms with E-state index in [0.29, 0.717) is 6.04 Å². The lowest BCUT2D eigenvalue weighted by molar-refractivity contribution is 0.203. The van der Waals surface area contributed by atoms with Crippen molar-refractivity contribution in [3.05, 3.63) is 33.9 Å². The number of hydrogen-bond acceptors (Lipinski definition) is 1. The van der Waals surface area contributed by atoms with Crippen LogP contribution in [0.3, 0.4) is 0 Å². The van der Waals surface area contributed by atoms with E-state index in [-0.39, 0.29) is 0 Å². The average Bonchev–Trinajstić information content (AvgIpc) is 2.66. The van der Waals surface area contributed by atoms with Crippen LogP contribution < -0.4 is 0 Å². The molecule has 1 N–H and O–H groups in total. The molecule has 3 rings (SSSR count). The average molecular weight is 293 g/mol. The Hall–Kier alpha value is -0.800. The summed E-state index contributed by atoms with van der Waals surface area (Å²) in [6.45, 7) is 6.79. The van der Waals surface area contributed by atoms with E-state index in [4.69, 9.17) is 0 Å². The van der Waals surface area contributed by atoms with E-state index in [9.17, 15) is 0 Å². The van der Waals surface area contributed by atoms with E-state index in [1.807, 2.05) is 0 Å². The highest BCUT2D eigenvalue weighted by molar-refractivity contribution is 9.10. The van der Waals surface area contributed by atoms with Gasteiger partial charge in [0.2, 0.25) is 0 Å². The summed E-state index contributed by atoms with van der Waals surface area (Å²) >= 11 is 3.56. The Labute approximate surface area is 110 Å². The highest BCUT2D eigenvalue weighted by Crippen LogP contribution is 2.30. The lowest BCUT2D eigenvalue weighted by Gasteiger charge is -2.30. The van der Waals surface area contributed by atoms with Gasteiger partial charge in [-0.1, -0.05) is 15.9 Å². The summed E-state index contributed by atoms with van der Waals surface area (Å²) in [6.07, 6.45) is 1.14. The summed E-state index contributed by atoms with van der Waals surface area (Å²) in [5.41, 5.74) is 4.18. The van der Waals surface area contributed by atoms with Crippen LogP contribution in [-0.2, 0) is 13.0 Å². The SMILES string of the molecule is CC(C)N1CCc2[nH]c3ccc(Br)cc3c2C1. The van der Waals surface area contributed by atoms with E-state index in [1.165, 1.54) is 28.7 Å². The van der Waals surface area contributed by atoms with Crippen LogP contribution in [0.25, 0.3) is 10.9 Å². The van der Waals surface area contributed by atoms with Gasteiger partial charge in [0.25, 0.3) is 0 Å². The summed E-state index contributed by atoms with van der Waals surface area (Å²) in [5, 5.41) is 1.37. The molecule has 17 heavy (non-hydrogen) atoms. The number of halogens is 1. The Balaban J connectivity index is 2.10. The number of hydrogen-bond donors (Lipinski definition) is 1. The van der Waals surface area contributed by atoms with Crippen LogP contribution in [-0.4, -0.2) is 22.5 Å². The Morgan fingerprint density at radius 3 is 2.94 bits per heavy atom. The first-order valence-corrected chi connectivity index (χ1v) is 6.97. The largest absolute Gasteiger partial charge is 0.358 e. The van der Waals surface area contributed by atoms with E-state index in [0.717, 1.165) is 17.4 Å². The van der Waals surface area contributed by atoms with Crippen molar-refractivity contribution in [2.75, 3.05) is 6.54 Å². The third kappa shape index (κ3) is 1.91. The molecule has 0 saturated heterocycles. The maximum atomic E-state index is 3.56. The summed E-state index contributed by atoms with van der Waals surface area (Å²) in [7, 11) is 0. The summed E-state index contributed by atoms with van der Waals surface area (Å²) in [5.74, 6) is 0. The topological polar surface area (TPSA) is 19.0 Å². The second-order valence-electron chi connectivity index (χ2n) is 5.09. The molecule has 2 nitrogen and oxygen atoms in total. The van der Waals surface area contributed by atoms with Crippen LogP contribution in [0, 0.1) is 0 Å². The standard InChI is InChI=1S/C14H17BrN2/c1-9(2)17-6-5-14-12(8-17)11-7-10(15)3-4-13(11)16-14/h3-4,7,9,16H,5-6,8H2,1-2H3. The number of aromatic amines is 1. The normalized spacial score (nSPS) is 16.7. The molecule has 1 aromatic carbocycles. The zero-order valence-corrected chi connectivity index (χ0v) is 11.8. The van der Waals surface area contributed by atoms with Crippen molar-refractivity contribution in [3.8, 4) is 0 Å². The van der Waals surface area contributed by atoms with E-state index < -0.39 is 0 Å². The van der Waals surface area contributed by atoms with Crippen molar-refractivity contribution in [2.24, 2.45) is 0 Å². The second kappa shape index (κ2) is 4.14. The van der Waals surface area contributed by atoms with Gasteiger partial charge >= 0.3 is 0 Å². The van der Waals surface area contributed by atoms with Crippen molar-refractivity contribution >= 4 is 26.8 Å². The van der Waals surface area contributed by atoms with Gasteiger partial charge in [0.1, 0.15) is 0 Å². The van der Waals surface area contributed by atoms with Gasteiger partial charge in [0.05, 0.1) is 0 Å². The number of benzene rings is 1. The zero-order chi connectivity index (χ0) is 12.0. The number of fused-ring (bicyclic) bond motifs is 3. The van der Waals surface area contributed by atoms with Crippen molar-refractivity contribution < 1.29 is 0 Å². The van der Waals surface area contributed by atoms with Crippen LogP contribution in [0.2, 0.25) is 0 Å². The van der Waals surface area contributed by atoms with Gasteiger partial charge < -0.3 is 4.98 Å². The molecule has 0 radical (unpaired) electrons. The third-order valence-corrected chi connectivity index (χ3v) is 4.19. The first-order valence-electron chi connectivity index (χ1n) is 6.18. The lowest BCUT2D eigenvalue weighted by Crippen LogP contribution is -2.35. The molecular formula is C14H17BrN2. The molecular weight excluding hydrogens is 276 g/mol. The third-order valence-electron chi connectivity index (χ3n) is 3.70. The fourth-order valence-electron chi connectivity index (χ4n) is 2.65. The fraction of sp³-hybridized carbons (Fsp3) is 0.429. The molecule has 1 aromatic heterocycles. The number of nitrogens with one attached hydrogen (secondary N) is 1. The number of H-pyrrole nitrogens is 1. The van der Waals surface area contributed by atoms with E-state index >= 15 is 0 Å². The smallest absolute Gasteiger partial charge is 0.0460 e. The van der Waals surface area contributed by atoms with Crippen LogP contribution in [0.5, 0.6) is 0 Å². The maximum Gasteiger partial charge on any atom is 0.0460 e. The van der Waals surface area contributed by atoms with Gasteiger partial charge in [-0.2, -0.15) is 0 Å². The van der Waals surface area contributed by atoms with Crippen LogP contribution in [0.1, 0.15) is 25.1 Å². The predicted molar refractivity (Wildman–Crippen MR) is 75.2 cm³/mol. The fourth-order valence-corrected chi connectivity index (χ4v) is 3.01. The molecule has 0 amide bonds. The van der Waals surface area contributed by atoms with Gasteiger partial charge in [-0.3, -0.25) is 4.90 Å². The van der Waals surface area contributed by atoms with Crippen LogP contribution in [0.15, 0.2) is 22.7 Å². The Kier molecular flexibility index (Phi) is 2.75. The molecule has 0 fully saturated rings. The van der Waals surface area contributed by atoms with Gasteiger partial charge in [0.15, 0.2) is 0 Å². The summed E-state index contributed by atoms with van der Waals surface area (Å²) in [4.78, 5) is 6.09. The van der Waals surface area contributed by atoms with Crippen LogP contribution in [0.4, 0.5) is 0 Å². The first kappa shape index (κ1) is 11.3. The van der Waals surface area contributed by atoms with Crippen molar-refractivity contribution in [1.82, 2.24) is 9.88 Å². The molecule has 1 aliphatic heterocycles. The predicted octanol–water partition coefficient (Wildman–Crippen LogP) is 3.70. The lowest BCUT2D eigenvalue weighted by atomic mass is 10.0.